The summed E-state index contributed by atoms with van der Waals surface area (Å²) in [6.45, 7) is 3.35. The summed E-state index contributed by atoms with van der Waals surface area (Å²) in [6.07, 6.45) is 1.79. The van der Waals surface area contributed by atoms with Crippen LogP contribution in [0.2, 0.25) is 0 Å². The number of rotatable bonds is 5. The van der Waals surface area contributed by atoms with Crippen LogP contribution in [0.1, 0.15) is 12.8 Å². The first kappa shape index (κ1) is 8.94. The normalized spacial score (nSPS) is 24.3. The van der Waals surface area contributed by atoms with Crippen LogP contribution in [0.15, 0.2) is 0 Å². The van der Waals surface area contributed by atoms with Gasteiger partial charge in [-0.2, -0.15) is 0 Å². The summed E-state index contributed by atoms with van der Waals surface area (Å²) >= 11 is 0. The summed E-state index contributed by atoms with van der Waals surface area (Å²) < 4.78 is 16.8. The van der Waals surface area contributed by atoms with E-state index in [2.05, 4.69) is 5.32 Å². The van der Waals surface area contributed by atoms with Gasteiger partial charge in [-0.1, -0.05) is 0 Å². The molecule has 11 heavy (non-hydrogen) atoms. The lowest BCUT2D eigenvalue weighted by Gasteiger charge is -2.07. The van der Waals surface area contributed by atoms with Crippen LogP contribution in [0, 0.1) is 5.92 Å². The molecule has 1 atom stereocenters. The standard InChI is InChI=1S/C8H16FNO/c9-3-1-4-10-6-8-2-5-11-7-8/h8,10H,1-7H2. The minimum atomic E-state index is -0.214. The second-order valence-corrected chi connectivity index (χ2v) is 2.98. The van der Waals surface area contributed by atoms with E-state index in [1.165, 1.54) is 0 Å². The predicted molar refractivity (Wildman–Crippen MR) is 42.4 cm³/mol. The monoisotopic (exact) mass is 161 g/mol. The van der Waals surface area contributed by atoms with Gasteiger partial charge in [0.2, 0.25) is 0 Å². The molecule has 2 nitrogen and oxygen atoms in total. The summed E-state index contributed by atoms with van der Waals surface area (Å²) in [5, 5.41) is 3.21. The Bertz CT molecular complexity index is 94.1. The van der Waals surface area contributed by atoms with Crippen LogP contribution in [0.3, 0.4) is 0 Å². The second-order valence-electron chi connectivity index (χ2n) is 2.98. The molecule has 1 aliphatic heterocycles. The second kappa shape index (κ2) is 5.49. The van der Waals surface area contributed by atoms with E-state index < -0.39 is 0 Å². The molecule has 1 unspecified atom stereocenters. The Hall–Kier alpha value is -0.150. The number of ether oxygens (including phenoxy) is 1. The van der Waals surface area contributed by atoms with Crippen molar-refractivity contribution in [3.63, 3.8) is 0 Å². The zero-order valence-corrected chi connectivity index (χ0v) is 6.81. The maximum atomic E-state index is 11.6. The van der Waals surface area contributed by atoms with Crippen LogP contribution in [0.4, 0.5) is 4.39 Å². The van der Waals surface area contributed by atoms with E-state index in [4.69, 9.17) is 4.74 Å². The molecule has 0 saturated carbocycles. The predicted octanol–water partition coefficient (Wildman–Crippen LogP) is 0.972. The summed E-state index contributed by atoms with van der Waals surface area (Å²) in [6, 6.07) is 0. The quantitative estimate of drug-likeness (QED) is 0.607. The fourth-order valence-corrected chi connectivity index (χ4v) is 1.24. The Morgan fingerprint density at radius 2 is 2.45 bits per heavy atom. The Morgan fingerprint density at radius 1 is 1.55 bits per heavy atom. The largest absolute Gasteiger partial charge is 0.381 e. The smallest absolute Gasteiger partial charge is 0.0906 e. The third kappa shape index (κ3) is 3.68. The molecule has 1 fully saturated rings. The van der Waals surface area contributed by atoms with Crippen molar-refractivity contribution in [2.45, 2.75) is 12.8 Å². The molecule has 3 heteroatoms. The van der Waals surface area contributed by atoms with Gasteiger partial charge in [0.05, 0.1) is 13.3 Å². The molecular formula is C8H16FNO. The molecule has 0 amide bonds. The molecule has 0 spiro atoms. The zero-order chi connectivity index (χ0) is 7.94. The maximum absolute atomic E-state index is 11.6. The Kier molecular flexibility index (Phi) is 4.47. The SMILES string of the molecule is FCCCNCC1CCOC1. The molecule has 0 aromatic rings. The van der Waals surface area contributed by atoms with Gasteiger partial charge in [-0.3, -0.25) is 4.39 Å². The fourth-order valence-electron chi connectivity index (χ4n) is 1.24. The molecule has 1 heterocycles. The van der Waals surface area contributed by atoms with Crippen molar-refractivity contribution in [2.24, 2.45) is 5.92 Å². The molecule has 0 aromatic heterocycles. The van der Waals surface area contributed by atoms with Crippen molar-refractivity contribution in [1.29, 1.82) is 0 Å². The Labute approximate surface area is 67.1 Å². The highest BCUT2D eigenvalue weighted by Crippen LogP contribution is 2.10. The highest BCUT2D eigenvalue weighted by atomic mass is 19.1. The number of hydrogen-bond acceptors (Lipinski definition) is 2. The van der Waals surface area contributed by atoms with Crippen molar-refractivity contribution in [2.75, 3.05) is 33.0 Å². The van der Waals surface area contributed by atoms with Gasteiger partial charge in [0, 0.05) is 13.2 Å². The number of halogens is 1. The summed E-state index contributed by atoms with van der Waals surface area (Å²) in [5.41, 5.74) is 0. The third-order valence-electron chi connectivity index (χ3n) is 1.94. The summed E-state index contributed by atoms with van der Waals surface area (Å²) in [4.78, 5) is 0. The Morgan fingerprint density at radius 3 is 3.09 bits per heavy atom. The van der Waals surface area contributed by atoms with E-state index in [9.17, 15) is 4.39 Å². The zero-order valence-electron chi connectivity index (χ0n) is 6.81. The van der Waals surface area contributed by atoms with Crippen molar-refractivity contribution in [3.8, 4) is 0 Å². The van der Waals surface area contributed by atoms with Gasteiger partial charge in [-0.05, 0) is 25.3 Å². The minimum absolute atomic E-state index is 0.214. The van der Waals surface area contributed by atoms with Crippen molar-refractivity contribution < 1.29 is 9.13 Å². The van der Waals surface area contributed by atoms with Gasteiger partial charge in [0.25, 0.3) is 0 Å². The van der Waals surface area contributed by atoms with Gasteiger partial charge in [-0.25, -0.2) is 0 Å². The lowest BCUT2D eigenvalue weighted by atomic mass is 10.1. The molecule has 1 rings (SSSR count). The number of hydrogen-bond donors (Lipinski definition) is 1. The lowest BCUT2D eigenvalue weighted by molar-refractivity contribution is 0.185. The van der Waals surface area contributed by atoms with E-state index in [0.29, 0.717) is 12.3 Å². The summed E-state index contributed by atoms with van der Waals surface area (Å²) in [5.74, 6) is 0.662. The topological polar surface area (TPSA) is 21.3 Å². The van der Waals surface area contributed by atoms with Crippen LogP contribution in [0.5, 0.6) is 0 Å². The van der Waals surface area contributed by atoms with Crippen molar-refractivity contribution >= 4 is 0 Å². The first-order chi connectivity index (χ1) is 5.43. The van der Waals surface area contributed by atoms with Gasteiger partial charge in [0.15, 0.2) is 0 Å². The van der Waals surface area contributed by atoms with Crippen molar-refractivity contribution in [1.82, 2.24) is 5.32 Å². The average Bonchev–Trinajstić information content (AvgIpc) is 2.50. The molecule has 0 bridgehead atoms. The minimum Gasteiger partial charge on any atom is -0.381 e. The van der Waals surface area contributed by atoms with Gasteiger partial charge < -0.3 is 10.1 Å². The first-order valence-corrected chi connectivity index (χ1v) is 4.28. The molecule has 1 saturated heterocycles. The fraction of sp³-hybridized carbons (Fsp3) is 1.00. The van der Waals surface area contributed by atoms with Gasteiger partial charge >= 0.3 is 0 Å². The highest BCUT2D eigenvalue weighted by Gasteiger charge is 2.14. The highest BCUT2D eigenvalue weighted by molar-refractivity contribution is 4.66. The first-order valence-electron chi connectivity index (χ1n) is 4.28. The van der Waals surface area contributed by atoms with E-state index >= 15 is 0 Å². The van der Waals surface area contributed by atoms with Crippen LogP contribution >= 0.6 is 0 Å². The Balaban J connectivity index is 1.86. The third-order valence-corrected chi connectivity index (χ3v) is 1.94. The van der Waals surface area contributed by atoms with Crippen molar-refractivity contribution in [3.05, 3.63) is 0 Å². The van der Waals surface area contributed by atoms with E-state index in [1.807, 2.05) is 0 Å². The average molecular weight is 161 g/mol. The van der Waals surface area contributed by atoms with Gasteiger partial charge in [-0.15, -0.1) is 0 Å². The van der Waals surface area contributed by atoms with Crippen LogP contribution in [-0.4, -0.2) is 33.0 Å². The summed E-state index contributed by atoms with van der Waals surface area (Å²) in [7, 11) is 0. The number of nitrogens with one attached hydrogen (secondary N) is 1. The molecule has 0 radical (unpaired) electrons. The van der Waals surface area contributed by atoms with Gasteiger partial charge in [0.1, 0.15) is 0 Å². The van der Waals surface area contributed by atoms with Crippen LogP contribution in [-0.2, 0) is 4.74 Å². The molecule has 1 aliphatic rings. The van der Waals surface area contributed by atoms with E-state index in [-0.39, 0.29) is 6.67 Å². The molecular weight excluding hydrogens is 145 g/mol. The van der Waals surface area contributed by atoms with E-state index in [1.54, 1.807) is 0 Å². The van der Waals surface area contributed by atoms with E-state index in [0.717, 1.165) is 32.7 Å². The lowest BCUT2D eigenvalue weighted by Crippen LogP contribution is -2.24. The van der Waals surface area contributed by atoms with Crippen LogP contribution < -0.4 is 5.32 Å². The number of alkyl halides is 1. The molecule has 0 aliphatic carbocycles. The molecule has 0 aromatic carbocycles. The molecule has 66 valence electrons. The maximum Gasteiger partial charge on any atom is 0.0906 e. The molecule has 1 N–H and O–H groups in total. The van der Waals surface area contributed by atoms with Crippen LogP contribution in [0.25, 0.3) is 0 Å².